The topological polar surface area (TPSA) is 50.1 Å². The number of aryl methyl sites for hydroxylation is 2. The van der Waals surface area contributed by atoms with Gasteiger partial charge in [0.2, 0.25) is 0 Å². The number of para-hydroxylation sites is 1. The summed E-state index contributed by atoms with van der Waals surface area (Å²) in [4.78, 5) is 5.80. The molecule has 1 aliphatic rings. The van der Waals surface area contributed by atoms with E-state index in [0.29, 0.717) is 5.92 Å². The fourth-order valence-corrected chi connectivity index (χ4v) is 7.39. The van der Waals surface area contributed by atoms with Crippen LogP contribution in [0, 0.1) is 19.8 Å². The summed E-state index contributed by atoms with van der Waals surface area (Å²) in [5.41, 5.74) is 7.78. The summed E-state index contributed by atoms with van der Waals surface area (Å²) in [5.74, 6) is 0.468. The highest BCUT2D eigenvalue weighted by atomic mass is 32.1. The molecule has 41 heavy (non-hydrogen) atoms. The van der Waals surface area contributed by atoms with Gasteiger partial charge in [-0.15, -0.1) is 0 Å². The molecular weight excluding hydrogens is 522 g/mol. The molecule has 3 aromatic carbocycles. The molecule has 210 valence electrons. The van der Waals surface area contributed by atoms with Gasteiger partial charge in [0.25, 0.3) is 0 Å². The van der Waals surface area contributed by atoms with Crippen LogP contribution in [0.25, 0.3) is 21.9 Å². The number of aliphatic hydroxyl groups excluding tert-OH is 1. The van der Waals surface area contributed by atoms with E-state index in [1.54, 1.807) is 0 Å². The monoisotopic (exact) mass is 561 g/mol. The molecule has 2 N–H and O–H groups in total. The number of aromatic nitrogens is 2. The van der Waals surface area contributed by atoms with Crippen LogP contribution in [0.2, 0.25) is 0 Å². The third kappa shape index (κ3) is 5.06. The molecule has 4 nitrogen and oxygen atoms in total. The molecule has 0 saturated heterocycles. The summed E-state index contributed by atoms with van der Waals surface area (Å²) in [5, 5.41) is 16.3. The molecule has 0 aliphatic heterocycles. The normalized spacial score (nSPS) is 16.2. The van der Waals surface area contributed by atoms with E-state index < -0.39 is 0 Å². The van der Waals surface area contributed by atoms with Crippen molar-refractivity contribution in [3.05, 3.63) is 113 Å². The summed E-state index contributed by atoms with van der Waals surface area (Å²) in [6.07, 6.45) is 4.81. The summed E-state index contributed by atoms with van der Waals surface area (Å²) < 4.78 is 2.35. The Balaban J connectivity index is 1.34. The zero-order chi connectivity index (χ0) is 28.6. The highest BCUT2D eigenvalue weighted by Crippen LogP contribution is 2.43. The molecule has 2 atom stereocenters. The Morgan fingerprint density at radius 2 is 1.68 bits per heavy atom. The number of pyridine rings is 1. The lowest BCUT2D eigenvalue weighted by Crippen LogP contribution is -2.47. The predicted molar refractivity (Wildman–Crippen MR) is 174 cm³/mol. The zero-order valence-corrected chi connectivity index (χ0v) is 25.0. The first-order chi connectivity index (χ1) is 19.9. The first kappa shape index (κ1) is 27.6. The second kappa shape index (κ2) is 11.4. The molecule has 6 rings (SSSR count). The lowest BCUT2D eigenvalue weighted by molar-refractivity contribution is 0.255. The van der Waals surface area contributed by atoms with E-state index in [1.165, 1.54) is 58.7 Å². The van der Waals surface area contributed by atoms with Crippen molar-refractivity contribution >= 4 is 39.1 Å². The van der Waals surface area contributed by atoms with Crippen LogP contribution in [0.3, 0.4) is 0 Å². The maximum Gasteiger partial charge on any atom is 0.141 e. The molecule has 1 aliphatic carbocycles. The van der Waals surface area contributed by atoms with E-state index in [1.807, 2.05) is 30.3 Å². The van der Waals surface area contributed by atoms with Crippen molar-refractivity contribution in [1.82, 2.24) is 14.9 Å². The van der Waals surface area contributed by atoms with Crippen molar-refractivity contribution in [2.45, 2.75) is 64.5 Å². The van der Waals surface area contributed by atoms with Crippen LogP contribution in [0.1, 0.15) is 66.6 Å². The van der Waals surface area contributed by atoms with Crippen LogP contribution in [-0.4, -0.2) is 26.3 Å². The first-order valence-electron chi connectivity index (χ1n) is 14.8. The average molecular weight is 562 g/mol. The van der Waals surface area contributed by atoms with Gasteiger partial charge in [0.15, 0.2) is 0 Å². The number of aliphatic hydroxyl groups is 1. The predicted octanol–water partition coefficient (Wildman–Crippen LogP) is 7.95. The van der Waals surface area contributed by atoms with E-state index in [-0.39, 0.29) is 18.1 Å². The lowest BCUT2D eigenvalue weighted by Gasteiger charge is -2.39. The number of hydrogen-bond acceptors (Lipinski definition) is 3. The molecule has 5 heteroatoms. The van der Waals surface area contributed by atoms with E-state index in [0.717, 1.165) is 28.4 Å². The van der Waals surface area contributed by atoms with Crippen LogP contribution in [-0.2, 0) is 12.0 Å². The minimum atomic E-state index is -0.310. The standard InChI is InChI=1S/C36H39N3OS/c1-24-21-25(2)37-34-33(24)30-15-9-10-16-32(30)39(34)22-26-17-19-29(20-18-26)36(3,28-13-7-8-14-28)35(41)38-31(23-40)27-11-5-4-6-12-27/h4-6,9-12,15-21,28,31,40H,7-8,13-14,22-23H2,1-3H3,(H,38,41)/t31?,36-/m0/s1. The van der Waals surface area contributed by atoms with Crippen LogP contribution in [0.5, 0.6) is 0 Å². The molecule has 0 spiro atoms. The van der Waals surface area contributed by atoms with E-state index in [4.69, 9.17) is 17.2 Å². The van der Waals surface area contributed by atoms with Crippen molar-refractivity contribution in [2.24, 2.45) is 5.92 Å². The zero-order valence-electron chi connectivity index (χ0n) is 24.2. The molecule has 1 saturated carbocycles. The van der Waals surface area contributed by atoms with Crippen molar-refractivity contribution < 1.29 is 5.11 Å². The molecule has 2 heterocycles. The Hall–Kier alpha value is -3.54. The Kier molecular flexibility index (Phi) is 7.67. The quantitative estimate of drug-likeness (QED) is 0.189. The molecule has 2 aromatic heterocycles. The summed E-state index contributed by atoms with van der Waals surface area (Å²) in [7, 11) is 0. The second-order valence-electron chi connectivity index (χ2n) is 11.9. The molecular formula is C36H39N3OS. The fourth-order valence-electron chi connectivity index (χ4n) is 6.96. The van der Waals surface area contributed by atoms with Gasteiger partial charge in [-0.2, -0.15) is 0 Å². The van der Waals surface area contributed by atoms with Gasteiger partial charge in [-0.3, -0.25) is 0 Å². The third-order valence-corrected chi connectivity index (χ3v) is 9.81. The van der Waals surface area contributed by atoms with Gasteiger partial charge in [-0.05, 0) is 73.9 Å². The maximum absolute atomic E-state index is 10.2. The molecule has 0 radical (unpaired) electrons. The van der Waals surface area contributed by atoms with Crippen molar-refractivity contribution in [1.29, 1.82) is 0 Å². The van der Waals surface area contributed by atoms with Gasteiger partial charge in [0.1, 0.15) is 5.65 Å². The number of nitrogens with zero attached hydrogens (tertiary/aromatic N) is 2. The average Bonchev–Trinajstić information content (AvgIpc) is 3.64. The minimum Gasteiger partial charge on any atom is -0.394 e. The smallest absolute Gasteiger partial charge is 0.141 e. The summed E-state index contributed by atoms with van der Waals surface area (Å²) in [6.45, 7) is 7.31. The number of nitrogens with one attached hydrogen (secondary N) is 1. The maximum atomic E-state index is 10.2. The van der Waals surface area contributed by atoms with Crippen LogP contribution in [0.4, 0.5) is 0 Å². The Bertz CT molecular complexity index is 1690. The van der Waals surface area contributed by atoms with Crippen molar-refractivity contribution in [3.63, 3.8) is 0 Å². The SMILES string of the molecule is Cc1cc(C)c2c3ccccc3n(Cc3ccc([C@@](C)(C(=S)NC(CO)c4ccccc4)C4CCCC4)cc3)c2n1. The highest BCUT2D eigenvalue weighted by Gasteiger charge is 2.41. The van der Waals surface area contributed by atoms with E-state index >= 15 is 0 Å². The van der Waals surface area contributed by atoms with E-state index in [9.17, 15) is 5.11 Å². The number of fused-ring (bicyclic) bond motifs is 3. The number of thiocarbonyl (C=S) groups is 1. The molecule has 5 aromatic rings. The van der Waals surface area contributed by atoms with Gasteiger partial charge in [0.05, 0.1) is 23.2 Å². The van der Waals surface area contributed by atoms with Crippen LogP contribution < -0.4 is 5.32 Å². The molecule has 0 bridgehead atoms. The molecule has 1 fully saturated rings. The van der Waals surface area contributed by atoms with Crippen LogP contribution >= 0.6 is 12.2 Å². The lowest BCUT2D eigenvalue weighted by atomic mass is 9.70. The largest absolute Gasteiger partial charge is 0.394 e. The summed E-state index contributed by atoms with van der Waals surface area (Å²) >= 11 is 6.17. The Labute approximate surface area is 248 Å². The first-order valence-corrected chi connectivity index (χ1v) is 15.2. The second-order valence-corrected chi connectivity index (χ2v) is 12.3. The van der Waals surface area contributed by atoms with Crippen molar-refractivity contribution in [3.8, 4) is 0 Å². The van der Waals surface area contributed by atoms with Gasteiger partial charge in [-0.1, -0.05) is 97.9 Å². The minimum absolute atomic E-state index is 0.00436. The van der Waals surface area contributed by atoms with E-state index in [2.05, 4.69) is 85.3 Å². The Morgan fingerprint density at radius 3 is 2.39 bits per heavy atom. The van der Waals surface area contributed by atoms with Gasteiger partial charge >= 0.3 is 0 Å². The number of hydrogen-bond donors (Lipinski definition) is 2. The molecule has 1 unspecified atom stereocenters. The number of rotatable bonds is 8. The van der Waals surface area contributed by atoms with Crippen LogP contribution in [0.15, 0.2) is 84.9 Å². The third-order valence-electron chi connectivity index (χ3n) is 9.27. The summed E-state index contributed by atoms with van der Waals surface area (Å²) in [6, 6.07) is 29.7. The Morgan fingerprint density at radius 1 is 1.00 bits per heavy atom. The van der Waals surface area contributed by atoms with Gasteiger partial charge in [-0.25, -0.2) is 4.98 Å². The molecule has 0 amide bonds. The van der Waals surface area contributed by atoms with Gasteiger partial charge in [0, 0.05) is 28.4 Å². The van der Waals surface area contributed by atoms with Gasteiger partial charge < -0.3 is 15.0 Å². The highest BCUT2D eigenvalue weighted by molar-refractivity contribution is 7.80. The van der Waals surface area contributed by atoms with Crippen molar-refractivity contribution in [2.75, 3.05) is 6.61 Å². The number of benzene rings is 3. The fraction of sp³-hybridized carbons (Fsp3) is 0.333.